The minimum absolute atomic E-state index is 0.0449. The number of piperidine rings is 2. The van der Waals surface area contributed by atoms with E-state index in [0.717, 1.165) is 32.5 Å². The SMILES string of the molecule is CCC(CC)C(=O)N1CCC(N2C(=O)NC3(CCN(CC(C)C)CC3)C2=O)CC1. The first-order valence-electron chi connectivity index (χ1n) is 11.5. The number of carbonyl (C=O) groups is 3. The Morgan fingerprint density at radius 2 is 1.66 bits per heavy atom. The molecule has 3 saturated heterocycles. The van der Waals surface area contributed by atoms with Crippen molar-refractivity contribution in [3.8, 4) is 0 Å². The maximum Gasteiger partial charge on any atom is 0.325 e. The van der Waals surface area contributed by atoms with Gasteiger partial charge in [-0.2, -0.15) is 0 Å². The van der Waals surface area contributed by atoms with Crippen LogP contribution >= 0.6 is 0 Å². The molecule has 3 aliphatic rings. The Kier molecular flexibility index (Phi) is 6.87. The van der Waals surface area contributed by atoms with Gasteiger partial charge < -0.3 is 15.1 Å². The Balaban J connectivity index is 1.58. The summed E-state index contributed by atoms with van der Waals surface area (Å²) in [4.78, 5) is 44.4. The summed E-state index contributed by atoms with van der Waals surface area (Å²) < 4.78 is 0. The van der Waals surface area contributed by atoms with E-state index in [9.17, 15) is 14.4 Å². The second-order valence-electron chi connectivity index (χ2n) is 9.45. The predicted octanol–water partition coefficient (Wildman–Crippen LogP) is 2.46. The number of urea groups is 1. The van der Waals surface area contributed by atoms with Gasteiger partial charge in [-0.25, -0.2) is 4.79 Å². The molecule has 1 N–H and O–H groups in total. The van der Waals surface area contributed by atoms with Crippen molar-refractivity contribution in [3.63, 3.8) is 0 Å². The lowest BCUT2D eigenvalue weighted by Gasteiger charge is -2.39. The Bertz CT molecular complexity index is 616. The van der Waals surface area contributed by atoms with E-state index in [2.05, 4.69) is 37.9 Å². The number of likely N-dealkylation sites (tertiary alicyclic amines) is 2. The molecule has 7 nitrogen and oxygen atoms in total. The number of nitrogens with zero attached hydrogens (tertiary/aromatic N) is 3. The molecular weight excluding hydrogens is 368 g/mol. The normalized spacial score (nSPS) is 23.5. The number of hydrogen-bond donors (Lipinski definition) is 1. The zero-order valence-electron chi connectivity index (χ0n) is 18.6. The van der Waals surface area contributed by atoms with Crippen molar-refractivity contribution >= 4 is 17.8 Å². The van der Waals surface area contributed by atoms with Crippen LogP contribution in [-0.4, -0.2) is 76.8 Å². The fourth-order valence-corrected chi connectivity index (χ4v) is 5.19. The van der Waals surface area contributed by atoms with Gasteiger partial charge in [-0.3, -0.25) is 14.5 Å². The maximum absolute atomic E-state index is 13.3. The highest BCUT2D eigenvalue weighted by molar-refractivity contribution is 6.07. The standard InChI is InChI=1S/C22H38N4O3/c1-5-17(6-2)19(27)25-11-7-18(8-12-25)26-20(28)22(23-21(26)29)9-13-24(14-10-22)15-16(3)4/h16-18H,5-15H2,1-4H3,(H,23,29). The van der Waals surface area contributed by atoms with Gasteiger partial charge in [0.15, 0.2) is 0 Å². The molecule has 0 bridgehead atoms. The molecule has 1 spiro atoms. The Morgan fingerprint density at radius 1 is 1.07 bits per heavy atom. The molecule has 0 atom stereocenters. The quantitative estimate of drug-likeness (QED) is 0.688. The molecule has 7 heteroatoms. The minimum Gasteiger partial charge on any atom is -0.342 e. The summed E-state index contributed by atoms with van der Waals surface area (Å²) in [7, 11) is 0. The highest BCUT2D eigenvalue weighted by Gasteiger charge is 2.54. The number of imide groups is 1. The molecule has 0 unspecified atom stereocenters. The number of amides is 4. The first kappa shape index (κ1) is 22.1. The molecule has 3 aliphatic heterocycles. The van der Waals surface area contributed by atoms with Crippen molar-refractivity contribution in [2.75, 3.05) is 32.7 Å². The van der Waals surface area contributed by atoms with E-state index in [0.29, 0.717) is 44.7 Å². The van der Waals surface area contributed by atoms with Gasteiger partial charge in [0.25, 0.3) is 5.91 Å². The third-order valence-corrected chi connectivity index (χ3v) is 7.00. The molecule has 3 heterocycles. The average Bonchev–Trinajstić information content (AvgIpc) is 2.94. The minimum atomic E-state index is -0.715. The zero-order chi connectivity index (χ0) is 21.2. The van der Waals surface area contributed by atoms with Gasteiger partial charge in [0.2, 0.25) is 5.91 Å². The average molecular weight is 407 g/mol. The smallest absolute Gasteiger partial charge is 0.325 e. The van der Waals surface area contributed by atoms with E-state index in [1.54, 1.807) is 0 Å². The zero-order valence-corrected chi connectivity index (χ0v) is 18.6. The van der Waals surface area contributed by atoms with Gasteiger partial charge in [-0.15, -0.1) is 0 Å². The first-order chi connectivity index (χ1) is 13.8. The molecule has 0 aromatic rings. The van der Waals surface area contributed by atoms with Gasteiger partial charge in [-0.1, -0.05) is 27.7 Å². The number of hydrogen-bond acceptors (Lipinski definition) is 4. The summed E-state index contributed by atoms with van der Waals surface area (Å²) in [6.07, 6.45) is 4.46. The molecule has 0 radical (unpaired) electrons. The van der Waals surface area contributed by atoms with E-state index in [1.807, 2.05) is 4.90 Å². The fourth-order valence-electron chi connectivity index (χ4n) is 5.19. The summed E-state index contributed by atoms with van der Waals surface area (Å²) in [5, 5.41) is 3.04. The first-order valence-corrected chi connectivity index (χ1v) is 11.5. The van der Waals surface area contributed by atoms with Crippen molar-refractivity contribution in [3.05, 3.63) is 0 Å². The van der Waals surface area contributed by atoms with Gasteiger partial charge >= 0.3 is 6.03 Å². The van der Waals surface area contributed by atoms with E-state index < -0.39 is 5.54 Å². The van der Waals surface area contributed by atoms with Crippen LogP contribution in [0.3, 0.4) is 0 Å². The lowest BCUT2D eigenvalue weighted by atomic mass is 9.86. The number of carbonyl (C=O) groups excluding carboxylic acids is 3. The van der Waals surface area contributed by atoms with Crippen molar-refractivity contribution in [1.29, 1.82) is 0 Å². The van der Waals surface area contributed by atoms with Gasteiger partial charge in [-0.05, 0) is 44.4 Å². The summed E-state index contributed by atoms with van der Waals surface area (Å²) >= 11 is 0. The molecule has 0 aromatic heterocycles. The highest BCUT2D eigenvalue weighted by atomic mass is 16.2. The van der Waals surface area contributed by atoms with Crippen LogP contribution in [-0.2, 0) is 9.59 Å². The van der Waals surface area contributed by atoms with Gasteiger partial charge in [0.1, 0.15) is 5.54 Å². The molecule has 3 rings (SSSR count). The second-order valence-corrected chi connectivity index (χ2v) is 9.45. The van der Waals surface area contributed by atoms with E-state index >= 15 is 0 Å². The Labute approximate surface area is 175 Å². The second kappa shape index (κ2) is 9.02. The summed E-state index contributed by atoms with van der Waals surface area (Å²) in [6, 6.07) is -0.335. The molecule has 0 aliphatic carbocycles. The largest absolute Gasteiger partial charge is 0.342 e. The molecule has 164 valence electrons. The molecule has 0 saturated carbocycles. The third-order valence-electron chi connectivity index (χ3n) is 7.00. The van der Waals surface area contributed by atoms with Crippen LogP contribution in [0, 0.1) is 11.8 Å². The van der Waals surface area contributed by atoms with Crippen molar-refractivity contribution in [2.24, 2.45) is 11.8 Å². The van der Waals surface area contributed by atoms with Crippen LogP contribution in [0.25, 0.3) is 0 Å². The maximum atomic E-state index is 13.3. The van der Waals surface area contributed by atoms with Gasteiger partial charge in [0.05, 0.1) is 0 Å². The topological polar surface area (TPSA) is 73.0 Å². The fraction of sp³-hybridized carbons (Fsp3) is 0.864. The van der Waals surface area contributed by atoms with Crippen LogP contribution in [0.5, 0.6) is 0 Å². The highest BCUT2D eigenvalue weighted by Crippen LogP contribution is 2.33. The molecule has 0 aromatic carbocycles. The van der Waals surface area contributed by atoms with Crippen molar-refractivity contribution in [1.82, 2.24) is 20.0 Å². The lowest BCUT2D eigenvalue weighted by Crippen LogP contribution is -2.56. The molecular formula is C22H38N4O3. The summed E-state index contributed by atoms with van der Waals surface area (Å²) in [6.45, 7) is 12.5. The Morgan fingerprint density at radius 3 is 2.17 bits per heavy atom. The molecule has 3 fully saturated rings. The summed E-state index contributed by atoms with van der Waals surface area (Å²) in [5.74, 6) is 0.862. The van der Waals surface area contributed by atoms with E-state index in [1.165, 1.54) is 4.90 Å². The van der Waals surface area contributed by atoms with Crippen LogP contribution in [0.4, 0.5) is 4.79 Å². The number of nitrogens with one attached hydrogen (secondary N) is 1. The van der Waals surface area contributed by atoms with Crippen molar-refractivity contribution in [2.45, 2.75) is 77.8 Å². The van der Waals surface area contributed by atoms with Crippen molar-refractivity contribution < 1.29 is 14.4 Å². The van der Waals surface area contributed by atoms with Crippen LogP contribution in [0.1, 0.15) is 66.2 Å². The van der Waals surface area contributed by atoms with Crippen LogP contribution < -0.4 is 5.32 Å². The van der Waals surface area contributed by atoms with E-state index in [4.69, 9.17) is 0 Å². The van der Waals surface area contributed by atoms with Gasteiger partial charge in [0, 0.05) is 44.7 Å². The monoisotopic (exact) mass is 406 g/mol. The van der Waals surface area contributed by atoms with E-state index in [-0.39, 0.29) is 29.8 Å². The lowest BCUT2D eigenvalue weighted by molar-refractivity contribution is -0.138. The number of rotatable bonds is 6. The Hall–Kier alpha value is -1.63. The third kappa shape index (κ3) is 4.44. The summed E-state index contributed by atoms with van der Waals surface area (Å²) in [5.41, 5.74) is -0.715. The molecule has 4 amide bonds. The van der Waals surface area contributed by atoms with Crippen LogP contribution in [0.15, 0.2) is 0 Å². The van der Waals surface area contributed by atoms with Crippen LogP contribution in [0.2, 0.25) is 0 Å². The predicted molar refractivity (Wildman–Crippen MR) is 112 cm³/mol. The molecule has 29 heavy (non-hydrogen) atoms.